The van der Waals surface area contributed by atoms with E-state index in [0.717, 1.165) is 67.0 Å². The Hall–Kier alpha value is -2.64. The number of hydrogen-bond acceptors (Lipinski definition) is 5. The minimum Gasteiger partial charge on any atom is -0.481 e. The van der Waals surface area contributed by atoms with Gasteiger partial charge in [0.2, 0.25) is 0 Å². The molecule has 0 bridgehead atoms. The number of aliphatic carboxylic acids is 1. The molecule has 2 fully saturated rings. The number of imidazole rings is 1. The lowest BCUT2D eigenvalue weighted by molar-refractivity contribution is -0.152. The summed E-state index contributed by atoms with van der Waals surface area (Å²) in [6.45, 7) is 3.66. The summed E-state index contributed by atoms with van der Waals surface area (Å²) in [7, 11) is 0. The second-order valence-electron chi connectivity index (χ2n) is 9.54. The van der Waals surface area contributed by atoms with E-state index in [4.69, 9.17) is 16.3 Å². The zero-order valence-electron chi connectivity index (χ0n) is 18.8. The van der Waals surface area contributed by atoms with Crippen molar-refractivity contribution in [2.24, 2.45) is 5.41 Å². The fourth-order valence-corrected chi connectivity index (χ4v) is 5.08. The molecule has 2 aromatic heterocycles. The van der Waals surface area contributed by atoms with E-state index in [1.807, 2.05) is 43.5 Å². The molecule has 8 heteroatoms. The van der Waals surface area contributed by atoms with Gasteiger partial charge in [0, 0.05) is 29.9 Å². The van der Waals surface area contributed by atoms with Gasteiger partial charge in [-0.2, -0.15) is 0 Å². The van der Waals surface area contributed by atoms with Crippen LogP contribution in [-0.4, -0.2) is 51.3 Å². The third kappa shape index (κ3) is 4.70. The summed E-state index contributed by atoms with van der Waals surface area (Å²) >= 11 is 6.07. The van der Waals surface area contributed by atoms with E-state index in [2.05, 4.69) is 19.9 Å². The quantitative estimate of drug-likeness (QED) is 0.528. The predicted molar refractivity (Wildman–Crippen MR) is 129 cm³/mol. The van der Waals surface area contributed by atoms with Crippen LogP contribution in [-0.2, 0) is 9.53 Å². The number of carboxylic acids is 1. The van der Waals surface area contributed by atoms with Crippen LogP contribution in [0, 0.1) is 5.41 Å². The maximum atomic E-state index is 11.4. The molecule has 1 saturated heterocycles. The highest BCUT2D eigenvalue weighted by Crippen LogP contribution is 2.38. The molecule has 0 amide bonds. The molecule has 2 N–H and O–H groups in total. The van der Waals surface area contributed by atoms with Gasteiger partial charge in [0.05, 0.1) is 28.7 Å². The van der Waals surface area contributed by atoms with Crippen molar-refractivity contribution in [1.29, 1.82) is 0 Å². The molecule has 174 valence electrons. The van der Waals surface area contributed by atoms with E-state index in [1.165, 1.54) is 0 Å². The van der Waals surface area contributed by atoms with Crippen LogP contribution in [0.4, 0.5) is 5.82 Å². The molecular weight excluding hydrogens is 440 g/mol. The predicted octanol–water partition coefficient (Wildman–Crippen LogP) is 5.30. The van der Waals surface area contributed by atoms with Gasteiger partial charge in [0.1, 0.15) is 11.6 Å². The molecule has 7 nitrogen and oxygen atoms in total. The van der Waals surface area contributed by atoms with Crippen LogP contribution in [0.2, 0.25) is 5.02 Å². The Kier molecular flexibility index (Phi) is 6.01. The van der Waals surface area contributed by atoms with Gasteiger partial charge in [-0.1, -0.05) is 11.6 Å². The lowest BCUT2D eigenvalue weighted by Gasteiger charge is -2.38. The normalized spacial score (nSPS) is 24.3. The van der Waals surface area contributed by atoms with E-state index in [-0.39, 0.29) is 12.2 Å². The van der Waals surface area contributed by atoms with Crippen LogP contribution in [0.1, 0.15) is 45.4 Å². The number of carboxylic acid groups (broad SMARTS) is 1. The van der Waals surface area contributed by atoms with E-state index < -0.39 is 11.4 Å². The van der Waals surface area contributed by atoms with Crippen molar-refractivity contribution in [1.82, 2.24) is 15.0 Å². The molecule has 5 rings (SSSR count). The topological polar surface area (TPSA) is 91.3 Å². The SMILES string of the molecule is CC1(C(=O)O)CCC(OC2CCN(c3ccc(-c4nc5ccc(Cl)cc5[nH]4)cn3)CC2)CC1. The van der Waals surface area contributed by atoms with E-state index in [0.29, 0.717) is 17.9 Å². The third-order valence-electron chi connectivity index (χ3n) is 7.17. The van der Waals surface area contributed by atoms with Crippen LogP contribution in [0.5, 0.6) is 0 Å². The van der Waals surface area contributed by atoms with E-state index in [9.17, 15) is 9.90 Å². The van der Waals surface area contributed by atoms with Crippen molar-refractivity contribution >= 4 is 34.4 Å². The number of hydrogen-bond donors (Lipinski definition) is 2. The number of ether oxygens (including phenoxy) is 1. The molecule has 33 heavy (non-hydrogen) atoms. The van der Waals surface area contributed by atoms with E-state index in [1.54, 1.807) is 0 Å². The fraction of sp³-hybridized carbons (Fsp3) is 0.480. The number of H-pyrrole nitrogens is 1. The molecule has 1 saturated carbocycles. The monoisotopic (exact) mass is 468 g/mol. The number of anilines is 1. The second kappa shape index (κ2) is 8.95. The first-order chi connectivity index (χ1) is 15.9. The number of aromatic amines is 1. The number of carbonyl (C=O) groups is 1. The smallest absolute Gasteiger partial charge is 0.309 e. The molecule has 1 aliphatic heterocycles. The molecule has 0 atom stereocenters. The van der Waals surface area contributed by atoms with Gasteiger partial charge < -0.3 is 19.7 Å². The highest BCUT2D eigenvalue weighted by atomic mass is 35.5. The van der Waals surface area contributed by atoms with Crippen molar-refractivity contribution < 1.29 is 14.6 Å². The molecule has 0 radical (unpaired) electrons. The average Bonchev–Trinajstić information content (AvgIpc) is 3.24. The Morgan fingerprint density at radius 1 is 1.15 bits per heavy atom. The van der Waals surface area contributed by atoms with Crippen molar-refractivity contribution in [3.63, 3.8) is 0 Å². The van der Waals surface area contributed by atoms with Crippen molar-refractivity contribution in [2.45, 2.75) is 57.7 Å². The number of pyridine rings is 1. The number of rotatable bonds is 5. The zero-order valence-corrected chi connectivity index (χ0v) is 19.5. The van der Waals surface area contributed by atoms with Gasteiger partial charge >= 0.3 is 5.97 Å². The van der Waals surface area contributed by atoms with Gasteiger partial charge in [-0.15, -0.1) is 0 Å². The second-order valence-corrected chi connectivity index (χ2v) is 9.98. The Morgan fingerprint density at radius 2 is 1.88 bits per heavy atom. The van der Waals surface area contributed by atoms with Crippen molar-refractivity contribution in [3.05, 3.63) is 41.6 Å². The van der Waals surface area contributed by atoms with Crippen molar-refractivity contribution in [2.75, 3.05) is 18.0 Å². The molecular formula is C25H29ClN4O3. The number of halogens is 1. The summed E-state index contributed by atoms with van der Waals surface area (Å²) in [6, 6.07) is 9.71. The Bertz CT molecular complexity index is 1130. The van der Waals surface area contributed by atoms with Gasteiger partial charge in [-0.3, -0.25) is 4.79 Å². The standard InChI is InChI=1S/C25H29ClN4O3/c1-25(24(31)32)10-6-18(7-11-25)33-19-8-12-30(13-9-19)22-5-2-16(15-27-22)23-28-20-4-3-17(26)14-21(20)29-23/h2-5,14-15,18-19H,6-13H2,1H3,(H,28,29)(H,31,32). The first kappa shape index (κ1) is 22.2. The van der Waals surface area contributed by atoms with Gasteiger partial charge in [0.25, 0.3) is 0 Å². The number of aromatic nitrogens is 3. The number of fused-ring (bicyclic) bond motifs is 1. The maximum absolute atomic E-state index is 11.4. The number of nitrogens with one attached hydrogen (secondary N) is 1. The molecule has 2 aliphatic rings. The highest BCUT2D eigenvalue weighted by Gasteiger charge is 2.38. The Balaban J connectivity index is 1.15. The van der Waals surface area contributed by atoms with Crippen LogP contribution in [0.15, 0.2) is 36.5 Å². The maximum Gasteiger partial charge on any atom is 0.309 e. The molecule has 3 aromatic rings. The summed E-state index contributed by atoms with van der Waals surface area (Å²) in [5, 5.41) is 10.1. The van der Waals surface area contributed by atoms with Crippen LogP contribution in [0.3, 0.4) is 0 Å². The zero-order chi connectivity index (χ0) is 23.0. The van der Waals surface area contributed by atoms with Crippen LogP contribution < -0.4 is 4.90 Å². The van der Waals surface area contributed by atoms with Gasteiger partial charge in [-0.05, 0) is 75.8 Å². The lowest BCUT2D eigenvalue weighted by Crippen LogP contribution is -2.41. The number of nitrogens with zero attached hydrogens (tertiary/aromatic N) is 3. The third-order valence-corrected chi connectivity index (χ3v) is 7.40. The molecule has 1 aromatic carbocycles. The Labute approximate surface area is 198 Å². The summed E-state index contributed by atoms with van der Waals surface area (Å²) in [5.74, 6) is 1.06. The minimum absolute atomic E-state index is 0.185. The number of piperidine rings is 1. The largest absolute Gasteiger partial charge is 0.481 e. The summed E-state index contributed by atoms with van der Waals surface area (Å²) in [4.78, 5) is 26.4. The van der Waals surface area contributed by atoms with Crippen molar-refractivity contribution in [3.8, 4) is 11.4 Å². The summed E-state index contributed by atoms with van der Waals surface area (Å²) in [6.07, 6.45) is 7.26. The Morgan fingerprint density at radius 3 is 2.55 bits per heavy atom. The van der Waals surface area contributed by atoms with Crippen LogP contribution >= 0.6 is 11.6 Å². The summed E-state index contributed by atoms with van der Waals surface area (Å²) < 4.78 is 6.34. The molecule has 1 aliphatic carbocycles. The van der Waals surface area contributed by atoms with E-state index >= 15 is 0 Å². The lowest BCUT2D eigenvalue weighted by atomic mass is 9.75. The highest BCUT2D eigenvalue weighted by molar-refractivity contribution is 6.31. The van der Waals surface area contributed by atoms with Crippen LogP contribution in [0.25, 0.3) is 22.4 Å². The summed E-state index contributed by atoms with van der Waals surface area (Å²) in [5.41, 5.74) is 2.14. The minimum atomic E-state index is -0.683. The fourth-order valence-electron chi connectivity index (χ4n) is 4.90. The molecule has 3 heterocycles. The first-order valence-electron chi connectivity index (χ1n) is 11.7. The first-order valence-corrected chi connectivity index (χ1v) is 12.0. The molecule has 0 unspecified atom stereocenters. The average molecular weight is 469 g/mol. The van der Waals surface area contributed by atoms with Gasteiger partial charge in [0.15, 0.2) is 0 Å². The number of benzene rings is 1. The molecule has 0 spiro atoms. The van der Waals surface area contributed by atoms with Gasteiger partial charge in [-0.25, -0.2) is 9.97 Å².